The second kappa shape index (κ2) is 8.26. The predicted octanol–water partition coefficient (Wildman–Crippen LogP) is 3.42. The summed E-state index contributed by atoms with van der Waals surface area (Å²) >= 11 is 0. The molecule has 7 nitrogen and oxygen atoms in total. The molecule has 1 aliphatic rings. The standard InChI is InChI=1S/C22H20N2O5/c1-14-18(24-17-5-3-2-4-16(17)23-14)13-29-22(26)9-7-19(25)15-6-8-20-21(12-15)28-11-10-27-20/h2-6,8,12H,7,9-11,13H2,1H3. The molecule has 29 heavy (non-hydrogen) atoms. The average Bonchev–Trinajstić information content (AvgIpc) is 2.75. The van der Waals surface area contributed by atoms with Crippen LogP contribution in [0, 0.1) is 6.92 Å². The third-order valence-electron chi connectivity index (χ3n) is 4.63. The second-order valence-corrected chi connectivity index (χ2v) is 6.69. The van der Waals surface area contributed by atoms with E-state index in [-0.39, 0.29) is 25.2 Å². The van der Waals surface area contributed by atoms with E-state index in [1.807, 2.05) is 31.2 Å². The third kappa shape index (κ3) is 4.34. The van der Waals surface area contributed by atoms with Gasteiger partial charge in [-0.05, 0) is 37.3 Å². The molecule has 0 aliphatic carbocycles. The van der Waals surface area contributed by atoms with Crippen molar-refractivity contribution < 1.29 is 23.8 Å². The zero-order chi connectivity index (χ0) is 20.2. The van der Waals surface area contributed by atoms with E-state index in [1.54, 1.807) is 18.2 Å². The highest BCUT2D eigenvalue weighted by Gasteiger charge is 2.16. The van der Waals surface area contributed by atoms with Crippen molar-refractivity contribution in [1.29, 1.82) is 0 Å². The number of para-hydroxylation sites is 2. The zero-order valence-electron chi connectivity index (χ0n) is 16.0. The van der Waals surface area contributed by atoms with Crippen LogP contribution in [0.25, 0.3) is 11.0 Å². The molecule has 4 rings (SSSR count). The van der Waals surface area contributed by atoms with Crippen LogP contribution >= 0.6 is 0 Å². The first kappa shape index (κ1) is 18.9. The van der Waals surface area contributed by atoms with E-state index >= 15 is 0 Å². The topological polar surface area (TPSA) is 87.6 Å². The normalized spacial score (nSPS) is 12.6. The second-order valence-electron chi connectivity index (χ2n) is 6.69. The van der Waals surface area contributed by atoms with Crippen LogP contribution in [0.1, 0.15) is 34.6 Å². The number of carbonyl (C=O) groups excluding carboxylic acids is 2. The lowest BCUT2D eigenvalue weighted by atomic mass is 10.1. The largest absolute Gasteiger partial charge is 0.486 e. The van der Waals surface area contributed by atoms with Gasteiger partial charge in [0.1, 0.15) is 19.8 Å². The van der Waals surface area contributed by atoms with E-state index in [0.717, 1.165) is 11.0 Å². The Morgan fingerprint density at radius 3 is 2.48 bits per heavy atom. The van der Waals surface area contributed by atoms with Crippen LogP contribution in [0.2, 0.25) is 0 Å². The molecule has 0 unspecified atom stereocenters. The Balaban J connectivity index is 1.32. The fraction of sp³-hybridized carbons (Fsp3) is 0.273. The first-order chi connectivity index (χ1) is 14.1. The summed E-state index contributed by atoms with van der Waals surface area (Å²) in [6.45, 7) is 2.80. The molecule has 0 saturated heterocycles. The SMILES string of the molecule is Cc1nc2ccccc2nc1COC(=O)CCC(=O)c1ccc2c(c1)OCCO2. The maximum atomic E-state index is 12.4. The molecular weight excluding hydrogens is 372 g/mol. The van der Waals surface area contributed by atoms with Crippen LogP contribution in [0.15, 0.2) is 42.5 Å². The molecule has 0 atom stereocenters. The van der Waals surface area contributed by atoms with Gasteiger partial charge in [-0.25, -0.2) is 9.97 Å². The summed E-state index contributed by atoms with van der Waals surface area (Å²) in [5, 5.41) is 0. The number of hydrogen-bond donors (Lipinski definition) is 0. The van der Waals surface area contributed by atoms with Gasteiger partial charge in [0.2, 0.25) is 0 Å². The number of carbonyl (C=O) groups is 2. The van der Waals surface area contributed by atoms with Crippen LogP contribution in [-0.2, 0) is 16.1 Å². The van der Waals surface area contributed by atoms with Crippen molar-refractivity contribution in [2.45, 2.75) is 26.4 Å². The Morgan fingerprint density at radius 1 is 0.966 bits per heavy atom. The van der Waals surface area contributed by atoms with E-state index in [9.17, 15) is 9.59 Å². The number of ether oxygens (including phenoxy) is 3. The monoisotopic (exact) mass is 392 g/mol. The number of aromatic nitrogens is 2. The molecule has 0 amide bonds. The molecule has 2 aromatic carbocycles. The van der Waals surface area contributed by atoms with Gasteiger partial charge in [-0.3, -0.25) is 9.59 Å². The van der Waals surface area contributed by atoms with Gasteiger partial charge in [-0.2, -0.15) is 0 Å². The summed E-state index contributed by atoms with van der Waals surface area (Å²) in [5.74, 6) is 0.569. The number of rotatable bonds is 6. The Morgan fingerprint density at radius 2 is 1.69 bits per heavy atom. The first-order valence-electron chi connectivity index (χ1n) is 9.41. The molecule has 0 fully saturated rings. The van der Waals surface area contributed by atoms with Crippen LogP contribution in [0.4, 0.5) is 0 Å². The van der Waals surface area contributed by atoms with Crippen molar-refractivity contribution in [2.24, 2.45) is 0 Å². The summed E-state index contributed by atoms with van der Waals surface area (Å²) in [4.78, 5) is 33.4. The lowest BCUT2D eigenvalue weighted by molar-refractivity contribution is -0.145. The van der Waals surface area contributed by atoms with Gasteiger partial charge in [0.05, 0.1) is 28.8 Å². The maximum Gasteiger partial charge on any atom is 0.306 e. The third-order valence-corrected chi connectivity index (χ3v) is 4.63. The zero-order valence-corrected chi connectivity index (χ0v) is 16.0. The Kier molecular flexibility index (Phi) is 5.37. The Hall–Kier alpha value is -3.48. The summed E-state index contributed by atoms with van der Waals surface area (Å²) in [6, 6.07) is 12.6. The molecule has 0 N–H and O–H groups in total. The lowest BCUT2D eigenvalue weighted by Crippen LogP contribution is -2.16. The molecule has 1 aromatic heterocycles. The number of hydrogen-bond acceptors (Lipinski definition) is 7. The molecule has 0 bridgehead atoms. The fourth-order valence-electron chi connectivity index (χ4n) is 3.06. The molecule has 7 heteroatoms. The number of benzene rings is 2. The minimum Gasteiger partial charge on any atom is -0.486 e. The highest BCUT2D eigenvalue weighted by Crippen LogP contribution is 2.31. The maximum absolute atomic E-state index is 12.4. The van der Waals surface area contributed by atoms with Crippen molar-refractivity contribution in [3.63, 3.8) is 0 Å². The van der Waals surface area contributed by atoms with Crippen LogP contribution in [-0.4, -0.2) is 34.9 Å². The predicted molar refractivity (Wildman–Crippen MR) is 105 cm³/mol. The van der Waals surface area contributed by atoms with Gasteiger partial charge in [-0.1, -0.05) is 12.1 Å². The van der Waals surface area contributed by atoms with Crippen LogP contribution < -0.4 is 9.47 Å². The average molecular weight is 392 g/mol. The van der Waals surface area contributed by atoms with Gasteiger partial charge in [0.15, 0.2) is 17.3 Å². The number of fused-ring (bicyclic) bond motifs is 2. The fourth-order valence-corrected chi connectivity index (χ4v) is 3.06. The van der Waals surface area contributed by atoms with Crippen LogP contribution in [0.3, 0.4) is 0 Å². The molecule has 1 aliphatic heterocycles. The number of Topliss-reactive ketones (excluding diaryl/α,β-unsaturated/α-hetero) is 1. The number of aryl methyl sites for hydroxylation is 1. The lowest BCUT2D eigenvalue weighted by Gasteiger charge is -2.18. The van der Waals surface area contributed by atoms with Gasteiger partial charge in [0, 0.05) is 12.0 Å². The van der Waals surface area contributed by atoms with E-state index < -0.39 is 5.97 Å². The van der Waals surface area contributed by atoms with Crippen LogP contribution in [0.5, 0.6) is 11.5 Å². The summed E-state index contributed by atoms with van der Waals surface area (Å²) in [5.41, 5.74) is 3.35. The number of esters is 1. The van der Waals surface area contributed by atoms with Crippen molar-refractivity contribution in [3.05, 3.63) is 59.4 Å². The smallest absolute Gasteiger partial charge is 0.306 e. The number of ketones is 1. The molecule has 148 valence electrons. The van der Waals surface area contributed by atoms with Gasteiger partial charge in [-0.15, -0.1) is 0 Å². The van der Waals surface area contributed by atoms with Crippen molar-refractivity contribution in [1.82, 2.24) is 9.97 Å². The molecule has 2 heterocycles. The summed E-state index contributed by atoms with van der Waals surface area (Å²) in [6.07, 6.45) is 0.0498. The highest BCUT2D eigenvalue weighted by atomic mass is 16.6. The van der Waals surface area contributed by atoms with E-state index in [0.29, 0.717) is 41.7 Å². The minimum atomic E-state index is -0.453. The highest BCUT2D eigenvalue weighted by molar-refractivity contribution is 5.98. The van der Waals surface area contributed by atoms with E-state index in [1.165, 1.54) is 0 Å². The molecule has 0 spiro atoms. The molecular formula is C22H20N2O5. The quantitative estimate of drug-likeness (QED) is 0.469. The summed E-state index contributed by atoms with van der Waals surface area (Å²) in [7, 11) is 0. The van der Waals surface area contributed by atoms with Crippen molar-refractivity contribution in [2.75, 3.05) is 13.2 Å². The van der Waals surface area contributed by atoms with Gasteiger partial charge < -0.3 is 14.2 Å². The number of nitrogens with zero attached hydrogens (tertiary/aromatic N) is 2. The van der Waals surface area contributed by atoms with E-state index in [2.05, 4.69) is 9.97 Å². The van der Waals surface area contributed by atoms with Gasteiger partial charge in [0.25, 0.3) is 0 Å². The van der Waals surface area contributed by atoms with Crippen molar-refractivity contribution >= 4 is 22.8 Å². The molecule has 0 saturated carbocycles. The first-order valence-corrected chi connectivity index (χ1v) is 9.41. The minimum absolute atomic E-state index is 0.00661. The van der Waals surface area contributed by atoms with E-state index in [4.69, 9.17) is 14.2 Å². The van der Waals surface area contributed by atoms with Crippen molar-refractivity contribution in [3.8, 4) is 11.5 Å². The van der Waals surface area contributed by atoms with Gasteiger partial charge >= 0.3 is 5.97 Å². The molecule has 0 radical (unpaired) electrons. The Bertz CT molecular complexity index is 1080. The Labute approximate surface area is 167 Å². The summed E-state index contributed by atoms with van der Waals surface area (Å²) < 4.78 is 16.2. The molecule has 3 aromatic rings.